The number of hydrogen-bond donors (Lipinski definition) is 0. The molecule has 29 heavy (non-hydrogen) atoms. The highest BCUT2D eigenvalue weighted by molar-refractivity contribution is 7.22. The molecule has 3 nitrogen and oxygen atoms in total. The first kappa shape index (κ1) is 19.3. The molecule has 3 aromatic carbocycles. The molecule has 4 heteroatoms. The lowest BCUT2D eigenvalue weighted by Gasteiger charge is -2.20. The van der Waals surface area contributed by atoms with Crippen LogP contribution in [0, 0.1) is 13.8 Å². The fourth-order valence-electron chi connectivity index (χ4n) is 3.39. The number of carbonyl (C=O) groups excluding carboxylic acids is 1. The second-order valence-corrected chi connectivity index (χ2v) is 8.31. The number of aryl methyl sites for hydroxylation is 3. The molecule has 4 aromatic rings. The van der Waals surface area contributed by atoms with Gasteiger partial charge in [0, 0.05) is 6.42 Å². The van der Waals surface area contributed by atoms with Gasteiger partial charge in [0.05, 0.1) is 16.8 Å². The first-order chi connectivity index (χ1) is 14.1. The highest BCUT2D eigenvalue weighted by atomic mass is 32.1. The topological polar surface area (TPSA) is 33.2 Å². The Labute approximate surface area is 175 Å². The number of amides is 1. The fourth-order valence-corrected chi connectivity index (χ4v) is 4.43. The van der Waals surface area contributed by atoms with Crippen molar-refractivity contribution < 1.29 is 4.79 Å². The molecular weight excluding hydrogens is 376 g/mol. The third kappa shape index (κ3) is 4.38. The summed E-state index contributed by atoms with van der Waals surface area (Å²) in [5.41, 5.74) is 5.68. The zero-order valence-electron chi connectivity index (χ0n) is 16.8. The maximum Gasteiger partial charge on any atom is 0.229 e. The molecule has 4 rings (SSSR count). The van der Waals surface area contributed by atoms with E-state index >= 15 is 0 Å². The monoisotopic (exact) mass is 400 g/mol. The van der Waals surface area contributed by atoms with Crippen LogP contribution in [0.2, 0.25) is 0 Å². The molecule has 146 valence electrons. The average Bonchev–Trinajstić information content (AvgIpc) is 3.19. The van der Waals surface area contributed by atoms with Gasteiger partial charge in [0.15, 0.2) is 5.13 Å². The number of aromatic nitrogens is 1. The van der Waals surface area contributed by atoms with E-state index in [1.807, 2.05) is 41.3 Å². The number of nitrogens with zero attached hydrogens (tertiary/aromatic N) is 2. The van der Waals surface area contributed by atoms with Crippen molar-refractivity contribution in [2.24, 2.45) is 0 Å². The highest BCUT2D eigenvalue weighted by Crippen LogP contribution is 2.33. The zero-order valence-corrected chi connectivity index (χ0v) is 17.6. The number of rotatable bonds is 6. The molecule has 1 heterocycles. The van der Waals surface area contributed by atoms with E-state index in [2.05, 4.69) is 50.2 Å². The third-order valence-corrected chi connectivity index (χ3v) is 6.30. The lowest BCUT2D eigenvalue weighted by Crippen LogP contribution is -2.30. The van der Waals surface area contributed by atoms with E-state index in [1.165, 1.54) is 16.7 Å². The smallest absolute Gasteiger partial charge is 0.229 e. The van der Waals surface area contributed by atoms with Crippen LogP contribution in [0.4, 0.5) is 5.13 Å². The molecule has 0 saturated heterocycles. The van der Waals surface area contributed by atoms with Gasteiger partial charge in [-0.3, -0.25) is 9.69 Å². The van der Waals surface area contributed by atoms with Gasteiger partial charge in [0.1, 0.15) is 0 Å². The number of anilines is 1. The second kappa shape index (κ2) is 8.58. The molecule has 1 amide bonds. The first-order valence-electron chi connectivity index (χ1n) is 9.87. The van der Waals surface area contributed by atoms with Crippen molar-refractivity contribution in [3.63, 3.8) is 0 Å². The van der Waals surface area contributed by atoms with Gasteiger partial charge in [0.2, 0.25) is 5.91 Å². The van der Waals surface area contributed by atoms with E-state index in [0.717, 1.165) is 27.3 Å². The minimum absolute atomic E-state index is 0.103. The zero-order chi connectivity index (χ0) is 20.2. The van der Waals surface area contributed by atoms with Crippen LogP contribution in [0.25, 0.3) is 10.2 Å². The Balaban J connectivity index is 1.64. The lowest BCUT2D eigenvalue weighted by molar-refractivity contribution is -0.118. The van der Waals surface area contributed by atoms with Crippen molar-refractivity contribution in [2.45, 2.75) is 33.2 Å². The Morgan fingerprint density at radius 2 is 1.55 bits per heavy atom. The summed E-state index contributed by atoms with van der Waals surface area (Å²) in [6.07, 6.45) is 1.19. The number of fused-ring (bicyclic) bond motifs is 1. The molecule has 0 bridgehead atoms. The van der Waals surface area contributed by atoms with Gasteiger partial charge in [-0.2, -0.15) is 0 Å². The van der Waals surface area contributed by atoms with Crippen LogP contribution in [0.15, 0.2) is 72.8 Å². The van der Waals surface area contributed by atoms with E-state index in [0.29, 0.717) is 13.0 Å². The molecular formula is C25H24N2OS. The van der Waals surface area contributed by atoms with E-state index in [4.69, 9.17) is 4.98 Å². The summed E-state index contributed by atoms with van der Waals surface area (Å²) < 4.78 is 1.12. The van der Waals surface area contributed by atoms with Crippen LogP contribution in [0.5, 0.6) is 0 Å². The van der Waals surface area contributed by atoms with Gasteiger partial charge in [-0.05, 0) is 48.6 Å². The molecule has 0 aliphatic rings. The SMILES string of the molecule is Cc1ccc2sc(N(Cc3ccccc3)C(=O)CCc3ccccc3)nc2c1C. The van der Waals surface area contributed by atoms with E-state index in [-0.39, 0.29) is 5.91 Å². The Kier molecular flexibility index (Phi) is 5.72. The molecule has 0 radical (unpaired) electrons. The Hall–Kier alpha value is -2.98. The molecule has 1 aromatic heterocycles. The number of carbonyl (C=O) groups is 1. The Bertz CT molecular complexity index is 1120. The van der Waals surface area contributed by atoms with Gasteiger partial charge < -0.3 is 0 Å². The van der Waals surface area contributed by atoms with Crippen LogP contribution in [0.1, 0.15) is 28.7 Å². The van der Waals surface area contributed by atoms with Gasteiger partial charge >= 0.3 is 0 Å². The lowest BCUT2D eigenvalue weighted by atomic mass is 10.1. The summed E-state index contributed by atoms with van der Waals surface area (Å²) in [7, 11) is 0. The predicted molar refractivity (Wildman–Crippen MR) is 121 cm³/mol. The van der Waals surface area contributed by atoms with E-state index in [9.17, 15) is 4.79 Å². The van der Waals surface area contributed by atoms with E-state index < -0.39 is 0 Å². The minimum atomic E-state index is 0.103. The quantitative estimate of drug-likeness (QED) is 0.393. The summed E-state index contributed by atoms with van der Waals surface area (Å²) in [5, 5.41) is 0.774. The van der Waals surface area contributed by atoms with Crippen LogP contribution < -0.4 is 4.90 Å². The molecule has 0 spiro atoms. The largest absolute Gasteiger partial charge is 0.284 e. The summed E-state index contributed by atoms with van der Waals surface area (Å²) in [6, 6.07) is 24.5. The minimum Gasteiger partial charge on any atom is -0.284 e. The van der Waals surface area contributed by atoms with Crippen molar-refractivity contribution in [1.29, 1.82) is 0 Å². The van der Waals surface area contributed by atoms with Crippen molar-refractivity contribution in [1.82, 2.24) is 4.98 Å². The molecule has 0 aliphatic carbocycles. The summed E-state index contributed by atoms with van der Waals surface area (Å²) in [4.78, 5) is 20.0. The molecule has 0 atom stereocenters. The number of thiazole rings is 1. The van der Waals surface area contributed by atoms with Crippen LogP contribution in [-0.4, -0.2) is 10.9 Å². The Morgan fingerprint density at radius 1 is 0.897 bits per heavy atom. The summed E-state index contributed by atoms with van der Waals surface area (Å²) in [6.45, 7) is 4.73. The van der Waals surface area contributed by atoms with Crippen molar-refractivity contribution in [3.05, 3.63) is 95.1 Å². The van der Waals surface area contributed by atoms with Crippen LogP contribution in [0.3, 0.4) is 0 Å². The first-order valence-corrected chi connectivity index (χ1v) is 10.7. The molecule has 0 aliphatic heterocycles. The van der Waals surface area contributed by atoms with Crippen molar-refractivity contribution in [2.75, 3.05) is 4.90 Å². The molecule has 0 N–H and O–H groups in total. The van der Waals surface area contributed by atoms with Gasteiger partial charge in [-0.1, -0.05) is 78.1 Å². The predicted octanol–water partition coefficient (Wildman–Crippen LogP) is 6.08. The maximum atomic E-state index is 13.2. The second-order valence-electron chi connectivity index (χ2n) is 7.30. The summed E-state index contributed by atoms with van der Waals surface area (Å²) >= 11 is 1.59. The van der Waals surface area contributed by atoms with Gasteiger partial charge in [-0.15, -0.1) is 0 Å². The van der Waals surface area contributed by atoms with Crippen LogP contribution >= 0.6 is 11.3 Å². The average molecular weight is 401 g/mol. The molecule has 0 saturated carbocycles. The number of benzene rings is 3. The van der Waals surface area contributed by atoms with Gasteiger partial charge in [-0.25, -0.2) is 4.98 Å². The standard InChI is InChI=1S/C25H24N2OS/c1-18-13-15-22-24(19(18)2)26-25(29-22)27(17-21-11-7-4-8-12-21)23(28)16-14-20-9-5-3-6-10-20/h3-13,15H,14,16-17H2,1-2H3. The molecule has 0 fully saturated rings. The third-order valence-electron chi connectivity index (χ3n) is 5.26. The van der Waals surface area contributed by atoms with E-state index in [1.54, 1.807) is 11.3 Å². The van der Waals surface area contributed by atoms with Crippen LogP contribution in [-0.2, 0) is 17.8 Å². The maximum absolute atomic E-state index is 13.2. The highest BCUT2D eigenvalue weighted by Gasteiger charge is 2.21. The van der Waals surface area contributed by atoms with Crippen molar-refractivity contribution in [3.8, 4) is 0 Å². The van der Waals surface area contributed by atoms with Gasteiger partial charge in [0.25, 0.3) is 0 Å². The molecule has 0 unspecified atom stereocenters. The number of hydrogen-bond acceptors (Lipinski definition) is 3. The fraction of sp³-hybridized carbons (Fsp3) is 0.200. The Morgan fingerprint density at radius 3 is 2.24 bits per heavy atom. The van der Waals surface area contributed by atoms with Crippen molar-refractivity contribution >= 4 is 32.6 Å². The normalized spacial score (nSPS) is 11.0. The summed E-state index contributed by atoms with van der Waals surface area (Å²) in [5.74, 6) is 0.103.